The van der Waals surface area contributed by atoms with Crippen molar-refractivity contribution in [3.63, 3.8) is 0 Å². The Balaban J connectivity index is 0. The fourth-order valence-electron chi connectivity index (χ4n) is 0.737. The Labute approximate surface area is 84.7 Å². The first-order chi connectivity index (χ1) is 4.89. The van der Waals surface area contributed by atoms with Crippen LogP contribution in [-0.2, 0) is 4.79 Å². The van der Waals surface area contributed by atoms with Crippen molar-refractivity contribution >= 4 is 38.1 Å². The molecule has 0 heterocycles. The van der Waals surface area contributed by atoms with Crippen molar-refractivity contribution in [3.05, 3.63) is 0 Å². The first-order valence-electron chi connectivity index (χ1n) is 3.43. The van der Waals surface area contributed by atoms with Gasteiger partial charge < -0.3 is 10.8 Å². The lowest BCUT2D eigenvalue weighted by Gasteiger charge is -2.20. The van der Waals surface area contributed by atoms with Crippen LogP contribution in [0.25, 0.3) is 0 Å². The third-order valence-electron chi connectivity index (χ3n) is 1.45. The number of hydrogen-bond donors (Lipinski definition) is 2. The van der Waals surface area contributed by atoms with Gasteiger partial charge in [0.15, 0.2) is 0 Å². The highest BCUT2D eigenvalue weighted by molar-refractivity contribution is 6.83. The second-order valence-electron chi connectivity index (χ2n) is 3.45. The maximum Gasteiger partial charge on any atom is 0.320 e. The lowest BCUT2D eigenvalue weighted by molar-refractivity contribution is -0.138. The van der Waals surface area contributed by atoms with Gasteiger partial charge in [-0.15, -0.1) is 24.0 Å². The van der Waals surface area contributed by atoms with Crippen molar-refractivity contribution in [2.24, 2.45) is 5.73 Å². The first kappa shape index (κ1) is 14.7. The van der Waals surface area contributed by atoms with Gasteiger partial charge >= 0.3 is 5.97 Å². The molecule has 0 aromatic carbocycles. The molecule has 3 nitrogen and oxygen atoms in total. The number of nitrogens with two attached hydrogens (primary N) is 1. The molecule has 74 valence electrons. The Morgan fingerprint density at radius 1 is 1.67 bits per heavy atom. The van der Waals surface area contributed by atoms with E-state index in [1.807, 2.05) is 13.1 Å². The van der Waals surface area contributed by atoms with Gasteiger partial charge in [0, 0.05) is 5.50 Å². The van der Waals surface area contributed by atoms with Gasteiger partial charge in [-0.25, -0.2) is 0 Å². The predicted octanol–water partition coefficient (Wildman–Crippen LogP) is 1.31. The van der Waals surface area contributed by atoms with Crippen molar-refractivity contribution in [3.8, 4) is 0 Å². The molecule has 0 aliphatic heterocycles. The van der Waals surface area contributed by atoms with Gasteiger partial charge in [-0.05, 0) is 6.04 Å². The molecule has 0 aliphatic carbocycles. The fraction of sp³-hybridized carbons (Fsp3) is 0.833. The Kier molecular flexibility index (Phi) is 7.12. The van der Waals surface area contributed by atoms with Crippen molar-refractivity contribution in [2.45, 2.75) is 25.2 Å². The standard InChI is InChI=1S/C6H14ClNO2Si.ClH/c1-11(2,4-7)3-5(8)6(9)10;/h5H,3-4,8H2,1-2H3,(H,9,10);1H. The zero-order valence-electron chi connectivity index (χ0n) is 7.21. The topological polar surface area (TPSA) is 63.3 Å². The molecule has 0 bridgehead atoms. The molecule has 0 aromatic rings. The largest absolute Gasteiger partial charge is 0.480 e. The Hall–Kier alpha value is 0.227. The highest BCUT2D eigenvalue weighted by atomic mass is 35.5. The van der Waals surface area contributed by atoms with Gasteiger partial charge in [-0.2, -0.15) is 0 Å². The van der Waals surface area contributed by atoms with Gasteiger partial charge in [0.05, 0.1) is 8.07 Å². The van der Waals surface area contributed by atoms with E-state index in [-0.39, 0.29) is 12.4 Å². The van der Waals surface area contributed by atoms with E-state index in [1.54, 1.807) is 0 Å². The Morgan fingerprint density at radius 2 is 2.08 bits per heavy atom. The molecule has 0 amide bonds. The molecule has 12 heavy (non-hydrogen) atoms. The highest BCUT2D eigenvalue weighted by Crippen LogP contribution is 2.12. The summed E-state index contributed by atoms with van der Waals surface area (Å²) in [6.07, 6.45) is 0. The maximum absolute atomic E-state index is 10.3. The van der Waals surface area contributed by atoms with Crippen molar-refractivity contribution < 1.29 is 9.90 Å². The summed E-state index contributed by atoms with van der Waals surface area (Å²) in [5.74, 6) is -0.935. The summed E-state index contributed by atoms with van der Waals surface area (Å²) in [6.45, 7) is 4.06. The molecular weight excluding hydrogens is 217 g/mol. The molecular formula is C6H15Cl2NO2Si. The molecule has 0 saturated heterocycles. The summed E-state index contributed by atoms with van der Waals surface area (Å²) >= 11 is 5.66. The molecule has 1 unspecified atom stereocenters. The van der Waals surface area contributed by atoms with Crippen LogP contribution in [0.4, 0.5) is 0 Å². The number of halogens is 2. The smallest absolute Gasteiger partial charge is 0.320 e. The lowest BCUT2D eigenvalue weighted by atomic mass is 10.4. The lowest BCUT2D eigenvalue weighted by Crippen LogP contribution is -2.41. The van der Waals surface area contributed by atoms with Crippen LogP contribution < -0.4 is 5.73 Å². The number of carboxylic acids is 1. The molecule has 1 atom stereocenters. The van der Waals surface area contributed by atoms with Crippen molar-refractivity contribution in [1.82, 2.24) is 0 Å². The molecule has 0 rings (SSSR count). The van der Waals surface area contributed by atoms with Crippen LogP contribution in [0.1, 0.15) is 0 Å². The van der Waals surface area contributed by atoms with Crippen LogP contribution in [0.2, 0.25) is 19.1 Å². The van der Waals surface area contributed by atoms with Gasteiger partial charge in [0.1, 0.15) is 6.04 Å². The quantitative estimate of drug-likeness (QED) is 0.567. The molecule has 0 fully saturated rings. The second kappa shape index (κ2) is 5.80. The molecule has 6 heteroatoms. The minimum absolute atomic E-state index is 0. The van der Waals surface area contributed by atoms with Gasteiger partial charge in [-0.3, -0.25) is 4.79 Å². The van der Waals surface area contributed by atoms with E-state index >= 15 is 0 Å². The second-order valence-corrected chi connectivity index (χ2v) is 9.25. The summed E-state index contributed by atoms with van der Waals surface area (Å²) in [6, 6.07) is -0.193. The van der Waals surface area contributed by atoms with Crippen LogP contribution >= 0.6 is 24.0 Å². The summed E-state index contributed by atoms with van der Waals surface area (Å²) in [5, 5.41) is 8.49. The Bertz CT molecular complexity index is 154. The zero-order chi connectivity index (χ0) is 9.07. The summed E-state index contributed by atoms with van der Waals surface area (Å²) in [5.41, 5.74) is 5.92. The van der Waals surface area contributed by atoms with E-state index in [9.17, 15) is 4.79 Å². The van der Waals surface area contributed by atoms with Crippen molar-refractivity contribution in [1.29, 1.82) is 0 Å². The van der Waals surface area contributed by atoms with Crippen LogP contribution in [-0.4, -0.2) is 30.7 Å². The highest BCUT2D eigenvalue weighted by Gasteiger charge is 2.25. The molecule has 0 aliphatic rings. The Morgan fingerprint density at radius 3 is 2.33 bits per heavy atom. The zero-order valence-corrected chi connectivity index (χ0v) is 9.78. The number of carboxylic acid groups (broad SMARTS) is 1. The summed E-state index contributed by atoms with van der Waals surface area (Å²) < 4.78 is 0. The molecule has 0 saturated carbocycles. The molecule has 0 aromatic heterocycles. The number of rotatable bonds is 4. The third-order valence-corrected chi connectivity index (χ3v) is 5.89. The van der Waals surface area contributed by atoms with Crippen LogP contribution in [0.3, 0.4) is 0 Å². The number of aliphatic carboxylic acids is 1. The van der Waals surface area contributed by atoms with Crippen LogP contribution in [0, 0.1) is 0 Å². The maximum atomic E-state index is 10.3. The SMILES string of the molecule is C[Si](C)(CCl)CC(N)C(=O)O.Cl. The minimum atomic E-state index is -1.54. The van der Waals surface area contributed by atoms with E-state index in [0.29, 0.717) is 11.5 Å². The normalized spacial score (nSPS) is 13.3. The van der Waals surface area contributed by atoms with E-state index in [4.69, 9.17) is 22.4 Å². The van der Waals surface area contributed by atoms with Crippen LogP contribution in [0.15, 0.2) is 0 Å². The molecule has 0 spiro atoms. The molecule has 3 N–H and O–H groups in total. The number of hydrogen-bond acceptors (Lipinski definition) is 2. The average Bonchev–Trinajstić information content (AvgIpc) is 1.87. The summed E-state index contributed by atoms with van der Waals surface area (Å²) in [4.78, 5) is 10.3. The van der Waals surface area contributed by atoms with E-state index in [2.05, 4.69) is 0 Å². The van der Waals surface area contributed by atoms with Crippen molar-refractivity contribution in [2.75, 3.05) is 5.50 Å². The third kappa shape index (κ3) is 5.82. The first-order valence-corrected chi connectivity index (χ1v) is 7.38. The monoisotopic (exact) mass is 231 g/mol. The number of carbonyl (C=O) groups is 1. The van der Waals surface area contributed by atoms with Gasteiger partial charge in [0.25, 0.3) is 0 Å². The van der Waals surface area contributed by atoms with Gasteiger partial charge in [-0.1, -0.05) is 13.1 Å². The van der Waals surface area contributed by atoms with E-state index < -0.39 is 20.1 Å². The van der Waals surface area contributed by atoms with Crippen LogP contribution in [0.5, 0.6) is 0 Å². The summed E-state index contributed by atoms with van der Waals surface area (Å²) in [7, 11) is -1.54. The molecule has 0 radical (unpaired) electrons. The average molecular weight is 232 g/mol. The number of alkyl halides is 1. The van der Waals surface area contributed by atoms with E-state index in [0.717, 1.165) is 0 Å². The predicted molar refractivity (Wildman–Crippen MR) is 55.9 cm³/mol. The van der Waals surface area contributed by atoms with E-state index in [1.165, 1.54) is 0 Å². The van der Waals surface area contributed by atoms with Gasteiger partial charge in [0.2, 0.25) is 0 Å². The fourth-order valence-corrected chi connectivity index (χ4v) is 2.54. The minimum Gasteiger partial charge on any atom is -0.480 e.